The first-order chi connectivity index (χ1) is 9.58. The number of para-hydroxylation sites is 1. The smallest absolute Gasteiger partial charge is 0.221 e. The second-order valence-electron chi connectivity index (χ2n) is 6.10. The van der Waals surface area contributed by atoms with Gasteiger partial charge in [-0.3, -0.25) is 4.79 Å². The number of fused-ring (bicyclic) bond motifs is 1. The van der Waals surface area contributed by atoms with Crippen molar-refractivity contribution in [2.24, 2.45) is 0 Å². The molecule has 1 aromatic carbocycles. The van der Waals surface area contributed by atoms with E-state index in [2.05, 4.69) is 29.7 Å². The van der Waals surface area contributed by atoms with E-state index in [0.29, 0.717) is 6.42 Å². The molecule has 0 radical (unpaired) electrons. The highest BCUT2D eigenvalue weighted by molar-refractivity contribution is 5.79. The molecule has 2 aliphatic rings. The van der Waals surface area contributed by atoms with Crippen LogP contribution in [0, 0.1) is 0 Å². The van der Waals surface area contributed by atoms with Gasteiger partial charge in [0.2, 0.25) is 5.91 Å². The van der Waals surface area contributed by atoms with Gasteiger partial charge >= 0.3 is 0 Å². The Labute approximate surface area is 119 Å². The summed E-state index contributed by atoms with van der Waals surface area (Å²) >= 11 is 0. The summed E-state index contributed by atoms with van der Waals surface area (Å²) in [6.45, 7) is 5.67. The lowest BCUT2D eigenvalue weighted by molar-refractivity contribution is -0.123. The van der Waals surface area contributed by atoms with E-state index in [9.17, 15) is 4.79 Å². The Hall–Kier alpha value is -1.55. The molecule has 4 nitrogen and oxygen atoms in total. The van der Waals surface area contributed by atoms with Gasteiger partial charge in [0.25, 0.3) is 0 Å². The molecule has 1 saturated heterocycles. The second kappa shape index (κ2) is 5.09. The second-order valence-corrected chi connectivity index (χ2v) is 6.10. The molecular formula is C16H22N2O2. The van der Waals surface area contributed by atoms with Crippen LogP contribution in [-0.4, -0.2) is 30.7 Å². The zero-order valence-corrected chi connectivity index (χ0v) is 12.1. The third-order valence-electron chi connectivity index (χ3n) is 4.68. The number of rotatable bonds is 3. The zero-order chi connectivity index (χ0) is 14.2. The first-order valence-electron chi connectivity index (χ1n) is 7.34. The molecule has 0 aromatic heterocycles. The number of nitrogens with one attached hydrogen (secondary N) is 2. The molecule has 3 atom stereocenters. The predicted molar refractivity (Wildman–Crippen MR) is 78.9 cm³/mol. The van der Waals surface area contributed by atoms with Gasteiger partial charge in [0.15, 0.2) is 0 Å². The summed E-state index contributed by atoms with van der Waals surface area (Å²) in [5.41, 5.74) is 2.19. The fraction of sp³-hybridized carbons (Fsp3) is 0.562. The first-order valence-corrected chi connectivity index (χ1v) is 7.34. The molecule has 1 amide bonds. The number of amides is 1. The highest BCUT2D eigenvalue weighted by Crippen LogP contribution is 2.33. The minimum atomic E-state index is -0.220. The minimum absolute atomic E-state index is 0.0837. The molecule has 108 valence electrons. The van der Waals surface area contributed by atoms with Gasteiger partial charge in [-0.25, -0.2) is 0 Å². The minimum Gasteiger partial charge on any atom is -0.384 e. The monoisotopic (exact) mass is 274 g/mol. The van der Waals surface area contributed by atoms with E-state index >= 15 is 0 Å². The predicted octanol–water partition coefficient (Wildman–Crippen LogP) is 2.27. The molecule has 3 rings (SSSR count). The molecule has 0 aliphatic carbocycles. The molecule has 0 spiro atoms. The highest BCUT2D eigenvalue weighted by Gasteiger charge is 2.38. The quantitative estimate of drug-likeness (QED) is 0.889. The maximum Gasteiger partial charge on any atom is 0.221 e. The van der Waals surface area contributed by atoms with Gasteiger partial charge in [-0.1, -0.05) is 18.2 Å². The van der Waals surface area contributed by atoms with Crippen LogP contribution >= 0.6 is 0 Å². The largest absolute Gasteiger partial charge is 0.384 e. The maximum atomic E-state index is 12.3. The summed E-state index contributed by atoms with van der Waals surface area (Å²) in [5.74, 6) is 0.390. The third kappa shape index (κ3) is 2.40. The van der Waals surface area contributed by atoms with Crippen LogP contribution in [-0.2, 0) is 9.53 Å². The van der Waals surface area contributed by atoms with E-state index in [-0.39, 0.29) is 23.5 Å². The Kier molecular flexibility index (Phi) is 3.42. The molecule has 1 aromatic rings. The number of benzene rings is 1. The Bertz CT molecular complexity index is 517. The Balaban J connectivity index is 1.63. The average molecular weight is 274 g/mol. The van der Waals surface area contributed by atoms with Gasteiger partial charge < -0.3 is 15.4 Å². The molecule has 1 fully saturated rings. The van der Waals surface area contributed by atoms with Crippen LogP contribution in [0.5, 0.6) is 0 Å². The van der Waals surface area contributed by atoms with Gasteiger partial charge in [0, 0.05) is 31.2 Å². The van der Waals surface area contributed by atoms with Crippen molar-refractivity contribution in [1.82, 2.24) is 5.32 Å². The van der Waals surface area contributed by atoms with Crippen molar-refractivity contribution >= 4 is 11.6 Å². The van der Waals surface area contributed by atoms with E-state index in [1.54, 1.807) is 0 Å². The van der Waals surface area contributed by atoms with E-state index in [4.69, 9.17) is 4.74 Å². The highest BCUT2D eigenvalue weighted by atomic mass is 16.5. The molecule has 20 heavy (non-hydrogen) atoms. The molecule has 3 unspecified atom stereocenters. The molecule has 0 bridgehead atoms. The van der Waals surface area contributed by atoms with Gasteiger partial charge in [-0.15, -0.1) is 0 Å². The lowest BCUT2D eigenvalue weighted by Crippen LogP contribution is -2.50. The van der Waals surface area contributed by atoms with Crippen molar-refractivity contribution < 1.29 is 9.53 Å². The van der Waals surface area contributed by atoms with E-state index in [1.165, 1.54) is 5.56 Å². The number of carbonyl (C=O) groups excluding carboxylic acids is 1. The molecule has 0 saturated carbocycles. The van der Waals surface area contributed by atoms with Crippen LogP contribution in [0.3, 0.4) is 0 Å². The summed E-state index contributed by atoms with van der Waals surface area (Å²) in [5, 5.41) is 6.53. The van der Waals surface area contributed by atoms with E-state index < -0.39 is 0 Å². The normalized spacial score (nSPS) is 31.7. The number of carbonyl (C=O) groups is 1. The van der Waals surface area contributed by atoms with Crippen LogP contribution < -0.4 is 10.6 Å². The van der Waals surface area contributed by atoms with Crippen molar-refractivity contribution in [3.05, 3.63) is 29.8 Å². The Morgan fingerprint density at radius 1 is 1.50 bits per heavy atom. The van der Waals surface area contributed by atoms with Crippen LogP contribution in [0.4, 0.5) is 5.69 Å². The summed E-state index contributed by atoms with van der Waals surface area (Å²) in [4.78, 5) is 12.3. The Morgan fingerprint density at radius 2 is 2.30 bits per heavy atom. The maximum absolute atomic E-state index is 12.3. The first kappa shape index (κ1) is 13.4. The molecular weight excluding hydrogens is 252 g/mol. The van der Waals surface area contributed by atoms with Crippen molar-refractivity contribution in [2.75, 3.05) is 18.5 Å². The van der Waals surface area contributed by atoms with E-state index in [1.807, 2.05) is 19.1 Å². The number of hydrogen-bond acceptors (Lipinski definition) is 3. The van der Waals surface area contributed by atoms with Gasteiger partial charge in [0.05, 0.1) is 11.6 Å². The fourth-order valence-electron chi connectivity index (χ4n) is 3.13. The average Bonchev–Trinajstić information content (AvgIpc) is 2.95. The van der Waals surface area contributed by atoms with Crippen LogP contribution in [0.15, 0.2) is 24.3 Å². The third-order valence-corrected chi connectivity index (χ3v) is 4.68. The van der Waals surface area contributed by atoms with Gasteiger partial charge in [0.1, 0.15) is 0 Å². The lowest BCUT2D eigenvalue weighted by atomic mass is 9.92. The zero-order valence-electron chi connectivity index (χ0n) is 12.1. The fourth-order valence-corrected chi connectivity index (χ4v) is 3.13. The van der Waals surface area contributed by atoms with E-state index in [0.717, 1.165) is 25.3 Å². The van der Waals surface area contributed by atoms with Crippen molar-refractivity contribution in [1.29, 1.82) is 0 Å². The molecule has 2 heterocycles. The number of ether oxygens (including phenoxy) is 1. The topological polar surface area (TPSA) is 50.4 Å². The summed E-state index contributed by atoms with van der Waals surface area (Å²) in [7, 11) is 0. The lowest BCUT2D eigenvalue weighted by Gasteiger charge is -2.29. The van der Waals surface area contributed by atoms with Crippen LogP contribution in [0.1, 0.15) is 38.2 Å². The molecule has 2 aliphatic heterocycles. The Morgan fingerprint density at radius 3 is 3.05 bits per heavy atom. The molecule has 2 N–H and O–H groups in total. The summed E-state index contributed by atoms with van der Waals surface area (Å²) < 4.78 is 5.57. The standard InChI is InChI=1S/C16H22N2O2/c1-11-16(2,7-8-20-11)18-15(19)9-12-10-17-14-6-4-3-5-13(12)14/h3-6,11-12,17H,7-10H2,1-2H3,(H,18,19). The summed E-state index contributed by atoms with van der Waals surface area (Å²) in [6.07, 6.45) is 1.51. The number of anilines is 1. The number of hydrogen-bond donors (Lipinski definition) is 2. The molecule has 4 heteroatoms. The van der Waals surface area contributed by atoms with Crippen molar-refractivity contribution in [3.8, 4) is 0 Å². The van der Waals surface area contributed by atoms with Crippen molar-refractivity contribution in [3.63, 3.8) is 0 Å². The van der Waals surface area contributed by atoms with Gasteiger partial charge in [-0.05, 0) is 31.9 Å². The van der Waals surface area contributed by atoms with Crippen molar-refractivity contribution in [2.45, 2.75) is 44.2 Å². The van der Waals surface area contributed by atoms with Gasteiger partial charge in [-0.2, -0.15) is 0 Å². The van der Waals surface area contributed by atoms with Crippen LogP contribution in [0.25, 0.3) is 0 Å². The SMILES string of the molecule is CC1OCCC1(C)NC(=O)CC1CNc2ccccc21. The van der Waals surface area contributed by atoms with Crippen LogP contribution in [0.2, 0.25) is 0 Å². The summed E-state index contributed by atoms with van der Waals surface area (Å²) in [6, 6.07) is 8.23.